The monoisotopic (exact) mass is 317 g/mol. The number of amides is 1. The number of carbonyl (C=O) groups is 2. The molecule has 1 amide bonds. The van der Waals surface area contributed by atoms with Crippen molar-refractivity contribution in [1.29, 1.82) is 0 Å². The van der Waals surface area contributed by atoms with Gasteiger partial charge in [-0.2, -0.15) is 0 Å². The van der Waals surface area contributed by atoms with Gasteiger partial charge in [-0.25, -0.2) is 18.4 Å². The second-order valence-electron chi connectivity index (χ2n) is 5.63. The Morgan fingerprint density at radius 2 is 1.77 bits per heavy atom. The van der Waals surface area contributed by atoms with Crippen LogP contribution in [0.5, 0.6) is 5.75 Å². The van der Waals surface area contributed by atoms with Gasteiger partial charge in [-0.3, -0.25) is 0 Å². The van der Waals surface area contributed by atoms with Crippen LogP contribution >= 0.6 is 0 Å². The molecule has 0 saturated heterocycles. The summed E-state index contributed by atoms with van der Waals surface area (Å²) in [6.07, 6.45) is -1.65. The Bertz CT molecular complexity index is 560. The molecule has 22 heavy (non-hydrogen) atoms. The van der Waals surface area contributed by atoms with Gasteiger partial charge in [-0.1, -0.05) is 0 Å². The molecule has 0 spiro atoms. The van der Waals surface area contributed by atoms with Gasteiger partial charge >= 0.3 is 12.1 Å². The summed E-state index contributed by atoms with van der Waals surface area (Å²) in [6.45, 7) is 4.75. The molecule has 0 aromatic heterocycles. The van der Waals surface area contributed by atoms with Crippen LogP contribution in [0.3, 0.4) is 0 Å². The lowest BCUT2D eigenvalue weighted by Crippen LogP contribution is -2.45. The average molecular weight is 317 g/mol. The number of alkyl carbamates (subject to hydrolysis) is 1. The van der Waals surface area contributed by atoms with Gasteiger partial charge in [-0.15, -0.1) is 0 Å². The molecule has 0 unspecified atom stereocenters. The maximum absolute atomic E-state index is 13.6. The molecule has 0 fully saturated rings. The molecule has 0 saturated carbocycles. The summed E-state index contributed by atoms with van der Waals surface area (Å²) in [6, 6.07) is -0.265. The van der Waals surface area contributed by atoms with Crippen molar-refractivity contribution in [2.45, 2.75) is 38.8 Å². The number of ether oxygens (including phenoxy) is 1. The number of hydrogen-bond donors (Lipinski definition) is 3. The third kappa shape index (κ3) is 5.19. The van der Waals surface area contributed by atoms with Crippen molar-refractivity contribution in [2.24, 2.45) is 0 Å². The molecule has 1 rings (SSSR count). The van der Waals surface area contributed by atoms with Crippen LogP contribution in [0.15, 0.2) is 12.1 Å². The van der Waals surface area contributed by atoms with Crippen LogP contribution in [-0.2, 0) is 16.0 Å². The van der Waals surface area contributed by atoms with E-state index in [0.717, 1.165) is 0 Å². The number of aromatic hydroxyl groups is 1. The molecular weight excluding hydrogens is 300 g/mol. The van der Waals surface area contributed by atoms with E-state index in [0.29, 0.717) is 12.1 Å². The molecule has 8 heteroatoms. The Balaban J connectivity index is 2.90. The molecule has 6 nitrogen and oxygen atoms in total. The first-order valence-electron chi connectivity index (χ1n) is 6.39. The Kier molecular flexibility index (Phi) is 5.29. The topological polar surface area (TPSA) is 95.9 Å². The van der Waals surface area contributed by atoms with Crippen LogP contribution < -0.4 is 5.32 Å². The summed E-state index contributed by atoms with van der Waals surface area (Å²) in [7, 11) is 0. The van der Waals surface area contributed by atoms with E-state index in [-0.39, 0.29) is 0 Å². The number of carbonyl (C=O) groups excluding carboxylic acids is 1. The molecule has 0 aliphatic rings. The van der Waals surface area contributed by atoms with E-state index in [9.17, 15) is 18.4 Å². The quantitative estimate of drug-likeness (QED) is 0.791. The average Bonchev–Trinajstić information content (AvgIpc) is 2.29. The summed E-state index contributed by atoms with van der Waals surface area (Å²) in [5, 5.41) is 20.1. The molecule has 0 bridgehead atoms. The predicted octanol–water partition coefficient (Wildman–Crippen LogP) is 2.19. The third-order valence-corrected chi connectivity index (χ3v) is 2.52. The molecule has 0 radical (unpaired) electrons. The van der Waals surface area contributed by atoms with E-state index in [1.165, 1.54) is 0 Å². The van der Waals surface area contributed by atoms with E-state index in [4.69, 9.17) is 14.9 Å². The van der Waals surface area contributed by atoms with Gasteiger partial charge in [0.2, 0.25) is 0 Å². The van der Waals surface area contributed by atoms with Crippen LogP contribution in [0.1, 0.15) is 26.3 Å². The minimum atomic E-state index is -1.58. The number of phenolic OH excluding ortho intramolecular Hbond substituents is 1. The number of hydrogen-bond acceptors (Lipinski definition) is 4. The number of carboxylic acids is 1. The number of nitrogens with one attached hydrogen (secondary N) is 1. The highest BCUT2D eigenvalue weighted by Crippen LogP contribution is 2.21. The molecule has 3 N–H and O–H groups in total. The summed E-state index contributed by atoms with van der Waals surface area (Å²) >= 11 is 0. The van der Waals surface area contributed by atoms with Gasteiger partial charge in [0.1, 0.15) is 29.0 Å². The van der Waals surface area contributed by atoms with Crippen molar-refractivity contribution in [3.8, 4) is 5.75 Å². The van der Waals surface area contributed by atoms with Crippen molar-refractivity contribution in [1.82, 2.24) is 5.32 Å². The molecule has 0 aliphatic heterocycles. The first-order chi connectivity index (χ1) is 9.99. The smallest absolute Gasteiger partial charge is 0.408 e. The molecule has 1 aromatic rings. The highest BCUT2D eigenvalue weighted by molar-refractivity contribution is 5.80. The van der Waals surface area contributed by atoms with E-state index >= 15 is 0 Å². The molecule has 1 atom stereocenters. The highest BCUT2D eigenvalue weighted by atomic mass is 19.1. The maximum Gasteiger partial charge on any atom is 0.408 e. The van der Waals surface area contributed by atoms with Crippen LogP contribution in [-0.4, -0.2) is 33.9 Å². The summed E-state index contributed by atoms with van der Waals surface area (Å²) in [5.41, 5.74) is -1.40. The third-order valence-electron chi connectivity index (χ3n) is 2.52. The second-order valence-corrected chi connectivity index (χ2v) is 5.63. The van der Waals surface area contributed by atoms with Crippen LogP contribution in [0, 0.1) is 11.6 Å². The predicted molar refractivity (Wildman–Crippen MR) is 72.5 cm³/mol. The SMILES string of the molecule is CC(C)(C)OC(=O)N[C@@H](Cc1c(F)cc(O)cc1F)C(=O)O. The number of benzene rings is 1. The minimum absolute atomic E-state index is 0.554. The van der Waals surface area contributed by atoms with E-state index in [1.54, 1.807) is 20.8 Å². The summed E-state index contributed by atoms with van der Waals surface area (Å²) in [5.74, 6) is -4.30. The Labute approximate surface area is 125 Å². The highest BCUT2D eigenvalue weighted by Gasteiger charge is 2.26. The molecule has 0 heterocycles. The lowest BCUT2D eigenvalue weighted by Gasteiger charge is -2.22. The Morgan fingerprint density at radius 3 is 2.18 bits per heavy atom. The van der Waals surface area contributed by atoms with Crippen LogP contribution in [0.2, 0.25) is 0 Å². The Hall–Kier alpha value is -2.38. The normalized spacial score (nSPS) is 12.6. The number of halogens is 2. The van der Waals surface area contributed by atoms with Crippen molar-refractivity contribution in [3.05, 3.63) is 29.3 Å². The van der Waals surface area contributed by atoms with Crippen LogP contribution in [0.25, 0.3) is 0 Å². The van der Waals surface area contributed by atoms with Gasteiger partial charge in [0, 0.05) is 24.1 Å². The first-order valence-corrected chi connectivity index (χ1v) is 6.39. The number of aliphatic carboxylic acids is 1. The number of phenols is 1. The summed E-state index contributed by atoms with van der Waals surface area (Å²) < 4.78 is 32.1. The minimum Gasteiger partial charge on any atom is -0.508 e. The van der Waals surface area contributed by atoms with Crippen LogP contribution in [0.4, 0.5) is 13.6 Å². The van der Waals surface area contributed by atoms with Gasteiger partial charge in [0.15, 0.2) is 0 Å². The fraction of sp³-hybridized carbons (Fsp3) is 0.429. The fourth-order valence-corrected chi connectivity index (χ4v) is 1.64. The zero-order valence-electron chi connectivity index (χ0n) is 12.3. The summed E-state index contributed by atoms with van der Waals surface area (Å²) in [4.78, 5) is 22.7. The van der Waals surface area contributed by atoms with Crippen molar-refractivity contribution in [3.63, 3.8) is 0 Å². The second kappa shape index (κ2) is 6.59. The number of carboxylic acid groups (broad SMARTS) is 1. The van der Waals surface area contributed by atoms with E-state index in [2.05, 4.69) is 0 Å². The van der Waals surface area contributed by atoms with Gasteiger partial charge in [-0.05, 0) is 20.8 Å². The molecular formula is C14H17F2NO5. The first kappa shape index (κ1) is 17.7. The van der Waals surface area contributed by atoms with Crippen molar-refractivity contribution < 1.29 is 33.3 Å². The molecule has 1 aromatic carbocycles. The van der Waals surface area contributed by atoms with Gasteiger partial charge < -0.3 is 20.3 Å². The Morgan fingerprint density at radius 1 is 1.27 bits per heavy atom. The van der Waals surface area contributed by atoms with E-state index < -0.39 is 53.1 Å². The molecule has 122 valence electrons. The zero-order chi connectivity index (χ0) is 17.1. The van der Waals surface area contributed by atoms with Gasteiger partial charge in [0.05, 0.1) is 0 Å². The van der Waals surface area contributed by atoms with Crippen molar-refractivity contribution >= 4 is 12.1 Å². The lowest BCUT2D eigenvalue weighted by molar-refractivity contribution is -0.139. The fourth-order valence-electron chi connectivity index (χ4n) is 1.64. The van der Waals surface area contributed by atoms with E-state index in [1.807, 2.05) is 5.32 Å². The lowest BCUT2D eigenvalue weighted by atomic mass is 10.0. The standard InChI is InChI=1S/C14H17F2NO5/c1-14(2,3)22-13(21)17-11(12(19)20)6-8-9(15)4-7(18)5-10(8)16/h4-5,11,18H,6H2,1-3H3,(H,17,21)(H,19,20)/t11-/m0/s1. The maximum atomic E-state index is 13.6. The number of rotatable bonds is 4. The van der Waals surface area contributed by atoms with Gasteiger partial charge in [0.25, 0.3) is 0 Å². The molecule has 0 aliphatic carbocycles. The largest absolute Gasteiger partial charge is 0.508 e. The van der Waals surface area contributed by atoms with Crippen molar-refractivity contribution in [2.75, 3.05) is 0 Å². The zero-order valence-corrected chi connectivity index (χ0v) is 12.3.